The molecule has 1 aromatic carbocycles. The van der Waals surface area contributed by atoms with E-state index >= 15 is 0 Å². The van der Waals surface area contributed by atoms with Crippen LogP contribution in [0.4, 0.5) is 0 Å². The molecule has 84 valence electrons. The average molecular weight is 218 g/mol. The summed E-state index contributed by atoms with van der Waals surface area (Å²) in [5, 5.41) is 8.65. The van der Waals surface area contributed by atoms with Crippen molar-refractivity contribution in [3.8, 4) is 5.75 Å². The van der Waals surface area contributed by atoms with Crippen LogP contribution in [0, 0.1) is 0 Å². The van der Waals surface area contributed by atoms with Crippen LogP contribution in [0.3, 0.4) is 0 Å². The number of aliphatic hydroxyl groups excluding tert-OH is 1. The molecule has 0 atom stereocenters. The van der Waals surface area contributed by atoms with E-state index in [2.05, 4.69) is 0 Å². The van der Waals surface area contributed by atoms with E-state index in [1.807, 2.05) is 24.3 Å². The van der Waals surface area contributed by atoms with Gasteiger partial charge in [-0.15, -0.1) is 0 Å². The van der Waals surface area contributed by atoms with Crippen molar-refractivity contribution < 1.29 is 14.6 Å². The zero-order valence-electron chi connectivity index (χ0n) is 8.98. The highest BCUT2D eigenvalue weighted by Gasteiger charge is 2.17. The third-order valence-corrected chi connectivity index (χ3v) is 2.50. The molecule has 3 nitrogen and oxygen atoms in total. The number of carbonyl (C=O) groups is 1. The molecule has 3 heteroatoms. The summed E-state index contributed by atoms with van der Waals surface area (Å²) in [5.41, 5.74) is 1.66. The molecule has 0 unspecified atom stereocenters. The third kappa shape index (κ3) is 2.31. The van der Waals surface area contributed by atoms with Gasteiger partial charge in [-0.05, 0) is 24.1 Å². The molecule has 1 N–H and O–H groups in total. The van der Waals surface area contributed by atoms with Gasteiger partial charge in [0.1, 0.15) is 5.75 Å². The lowest BCUT2D eigenvalue weighted by molar-refractivity contribution is 0.0933. The number of fused-ring (bicyclic) bond motifs is 1. The van der Waals surface area contributed by atoms with E-state index in [0.717, 1.165) is 5.56 Å². The van der Waals surface area contributed by atoms with Gasteiger partial charge in [-0.2, -0.15) is 0 Å². The first kappa shape index (κ1) is 10.9. The van der Waals surface area contributed by atoms with Crippen molar-refractivity contribution >= 4 is 11.9 Å². The van der Waals surface area contributed by atoms with E-state index in [0.29, 0.717) is 30.8 Å². The minimum absolute atomic E-state index is 0.145. The predicted molar refractivity (Wildman–Crippen MR) is 61.6 cm³/mol. The number of aliphatic hydroxyl groups is 1. The number of hydrogen-bond donors (Lipinski definition) is 1. The molecular formula is C13H14O3. The van der Waals surface area contributed by atoms with Gasteiger partial charge in [-0.3, -0.25) is 4.79 Å². The van der Waals surface area contributed by atoms with Crippen LogP contribution in [-0.2, 0) is 0 Å². The van der Waals surface area contributed by atoms with Crippen LogP contribution in [-0.4, -0.2) is 24.1 Å². The molecule has 0 saturated heterocycles. The maximum absolute atomic E-state index is 11.5. The fourth-order valence-electron chi connectivity index (χ4n) is 1.67. The third-order valence-electron chi connectivity index (χ3n) is 2.50. The van der Waals surface area contributed by atoms with Crippen molar-refractivity contribution in [1.82, 2.24) is 0 Å². The topological polar surface area (TPSA) is 46.5 Å². The Morgan fingerprint density at radius 1 is 1.44 bits per heavy atom. The number of hydrogen-bond acceptors (Lipinski definition) is 3. The van der Waals surface area contributed by atoms with Crippen molar-refractivity contribution in [2.75, 3.05) is 13.2 Å². The Balaban J connectivity index is 2.22. The Hall–Kier alpha value is -1.61. The van der Waals surface area contributed by atoms with Gasteiger partial charge in [0, 0.05) is 13.0 Å². The van der Waals surface area contributed by atoms with Crippen LogP contribution in [0.15, 0.2) is 24.3 Å². The van der Waals surface area contributed by atoms with Crippen molar-refractivity contribution in [3.05, 3.63) is 35.4 Å². The highest BCUT2D eigenvalue weighted by Crippen LogP contribution is 2.26. The van der Waals surface area contributed by atoms with E-state index in [-0.39, 0.29) is 12.4 Å². The molecule has 0 saturated carbocycles. The minimum atomic E-state index is 0.145. The van der Waals surface area contributed by atoms with Crippen molar-refractivity contribution in [2.45, 2.75) is 12.8 Å². The number of carbonyl (C=O) groups excluding carboxylic acids is 1. The van der Waals surface area contributed by atoms with Gasteiger partial charge in [-0.1, -0.05) is 18.2 Å². The SMILES string of the molecule is O=C1CCOc2cc(C=CCCO)ccc21. The van der Waals surface area contributed by atoms with Gasteiger partial charge >= 0.3 is 0 Å². The summed E-state index contributed by atoms with van der Waals surface area (Å²) in [6, 6.07) is 5.55. The van der Waals surface area contributed by atoms with Crippen molar-refractivity contribution in [3.63, 3.8) is 0 Å². The van der Waals surface area contributed by atoms with Crippen LogP contribution < -0.4 is 4.74 Å². The second-order valence-corrected chi connectivity index (χ2v) is 3.69. The summed E-state index contributed by atoms with van der Waals surface area (Å²) in [5.74, 6) is 0.814. The maximum Gasteiger partial charge on any atom is 0.169 e. The van der Waals surface area contributed by atoms with Gasteiger partial charge in [0.05, 0.1) is 12.2 Å². The molecule has 1 aliphatic rings. The number of rotatable bonds is 3. The number of benzene rings is 1. The van der Waals surface area contributed by atoms with E-state index in [1.165, 1.54) is 0 Å². The Morgan fingerprint density at radius 2 is 2.31 bits per heavy atom. The van der Waals surface area contributed by atoms with Crippen LogP contribution in [0.5, 0.6) is 5.75 Å². The standard InChI is InChI=1S/C13H14O3/c14-7-2-1-3-10-4-5-11-12(15)6-8-16-13(11)9-10/h1,3-5,9,14H,2,6-8H2. The second kappa shape index (κ2) is 4.94. The molecule has 1 aromatic rings. The Labute approximate surface area is 94.4 Å². The number of ether oxygens (including phenoxy) is 1. The minimum Gasteiger partial charge on any atom is -0.492 e. The monoisotopic (exact) mass is 218 g/mol. The smallest absolute Gasteiger partial charge is 0.169 e. The van der Waals surface area contributed by atoms with Gasteiger partial charge in [0.2, 0.25) is 0 Å². The first-order chi connectivity index (χ1) is 7.81. The van der Waals surface area contributed by atoms with Gasteiger partial charge < -0.3 is 9.84 Å². The normalized spacial score (nSPS) is 14.9. The summed E-state index contributed by atoms with van der Waals surface area (Å²) in [7, 11) is 0. The summed E-state index contributed by atoms with van der Waals surface area (Å²) >= 11 is 0. The van der Waals surface area contributed by atoms with Crippen LogP contribution in [0.2, 0.25) is 0 Å². The first-order valence-electron chi connectivity index (χ1n) is 5.38. The molecule has 16 heavy (non-hydrogen) atoms. The summed E-state index contributed by atoms with van der Waals surface area (Å²) < 4.78 is 5.44. The van der Waals surface area contributed by atoms with E-state index in [9.17, 15) is 4.79 Å². The zero-order chi connectivity index (χ0) is 11.4. The molecule has 0 radical (unpaired) electrons. The molecule has 0 amide bonds. The first-order valence-corrected chi connectivity index (χ1v) is 5.38. The van der Waals surface area contributed by atoms with E-state index < -0.39 is 0 Å². The van der Waals surface area contributed by atoms with Gasteiger partial charge in [0.25, 0.3) is 0 Å². The highest BCUT2D eigenvalue weighted by atomic mass is 16.5. The molecule has 1 aliphatic heterocycles. The lowest BCUT2D eigenvalue weighted by Gasteiger charge is -2.16. The number of Topliss-reactive ketones (excluding diaryl/α,β-unsaturated/α-hetero) is 1. The van der Waals surface area contributed by atoms with Crippen LogP contribution in [0.1, 0.15) is 28.8 Å². The van der Waals surface area contributed by atoms with Gasteiger partial charge in [0.15, 0.2) is 5.78 Å². The lowest BCUT2D eigenvalue weighted by Crippen LogP contribution is -2.15. The quantitative estimate of drug-likeness (QED) is 0.844. The van der Waals surface area contributed by atoms with Crippen molar-refractivity contribution in [1.29, 1.82) is 0 Å². The molecule has 0 bridgehead atoms. The van der Waals surface area contributed by atoms with E-state index in [4.69, 9.17) is 9.84 Å². The maximum atomic E-state index is 11.5. The molecule has 0 aromatic heterocycles. The van der Waals surface area contributed by atoms with Crippen molar-refractivity contribution in [2.24, 2.45) is 0 Å². The second-order valence-electron chi connectivity index (χ2n) is 3.69. The molecule has 1 heterocycles. The summed E-state index contributed by atoms with van der Waals surface area (Å²) in [6.07, 6.45) is 4.91. The Bertz CT molecular complexity index is 421. The summed E-state index contributed by atoms with van der Waals surface area (Å²) in [6.45, 7) is 0.617. The fraction of sp³-hybridized carbons (Fsp3) is 0.308. The van der Waals surface area contributed by atoms with Crippen LogP contribution in [0.25, 0.3) is 6.08 Å². The zero-order valence-corrected chi connectivity index (χ0v) is 8.98. The van der Waals surface area contributed by atoms with E-state index in [1.54, 1.807) is 6.07 Å². The molecule has 0 spiro atoms. The lowest BCUT2D eigenvalue weighted by atomic mass is 10.0. The Kier molecular flexibility index (Phi) is 3.37. The number of ketones is 1. The molecule has 2 rings (SSSR count). The average Bonchev–Trinajstić information content (AvgIpc) is 2.30. The molecular weight excluding hydrogens is 204 g/mol. The Morgan fingerprint density at radius 3 is 3.12 bits per heavy atom. The molecule has 0 aliphatic carbocycles. The predicted octanol–water partition coefficient (Wildman–Crippen LogP) is 2.05. The van der Waals surface area contributed by atoms with Crippen LogP contribution >= 0.6 is 0 Å². The largest absolute Gasteiger partial charge is 0.492 e. The van der Waals surface area contributed by atoms with Gasteiger partial charge in [-0.25, -0.2) is 0 Å². The fourth-order valence-corrected chi connectivity index (χ4v) is 1.67. The molecule has 0 fully saturated rings. The summed E-state index contributed by atoms with van der Waals surface area (Å²) in [4.78, 5) is 11.5. The highest BCUT2D eigenvalue weighted by molar-refractivity contribution is 5.99.